The lowest BCUT2D eigenvalue weighted by atomic mass is 10.3. The largest absolute Gasteiger partial charge is 0.382 e. The van der Waals surface area contributed by atoms with Crippen LogP contribution in [-0.2, 0) is 0 Å². The van der Waals surface area contributed by atoms with E-state index in [1.807, 2.05) is 67.7 Å². The first-order valence-electron chi connectivity index (χ1n) is 5.07. The van der Waals surface area contributed by atoms with Crippen molar-refractivity contribution in [2.24, 2.45) is 0 Å². The van der Waals surface area contributed by atoms with Gasteiger partial charge in [-0.15, -0.1) is 5.10 Å². The predicted octanol–water partition coefficient (Wildman–Crippen LogP) is 1.03. The number of hydrogen-bond acceptors (Lipinski definition) is 4. The molecule has 0 unspecified atom stereocenters. The molecule has 1 heterocycles. The molecule has 0 radical (unpaired) electrons. The smallest absolute Gasteiger partial charge is 0.115 e. The third kappa shape index (κ3) is 1.98. The van der Waals surface area contributed by atoms with Gasteiger partial charge in [-0.2, -0.15) is 4.79 Å². The minimum atomic E-state index is 0.896. The third-order valence-corrected chi connectivity index (χ3v) is 2.21. The van der Waals surface area contributed by atoms with E-state index in [0.29, 0.717) is 0 Å². The fraction of sp³-hybridized carbons (Fsp3) is 0.273. The summed E-state index contributed by atoms with van der Waals surface area (Å²) in [5, 5.41) is 10.1. The zero-order chi connectivity index (χ0) is 11.5. The van der Waals surface area contributed by atoms with E-state index in [1.165, 1.54) is 0 Å². The van der Waals surface area contributed by atoms with Gasteiger partial charge in [0.1, 0.15) is 11.0 Å². The molecule has 84 valence electrons. The zero-order valence-corrected chi connectivity index (χ0v) is 9.70. The molecule has 0 atom stereocenters. The van der Waals surface area contributed by atoms with Gasteiger partial charge in [-0.1, -0.05) is 12.1 Å². The molecule has 2 aromatic rings. The summed E-state index contributed by atoms with van der Waals surface area (Å²) in [6.45, 7) is 0. The summed E-state index contributed by atoms with van der Waals surface area (Å²) in [7, 11) is 5.88. The Morgan fingerprint density at radius 2 is 1.88 bits per heavy atom. The first kappa shape index (κ1) is 10.5. The van der Waals surface area contributed by atoms with Gasteiger partial charge in [0.25, 0.3) is 0 Å². The summed E-state index contributed by atoms with van der Waals surface area (Å²) < 4.78 is 0. The highest BCUT2D eigenvalue weighted by molar-refractivity contribution is 5.74. The fourth-order valence-electron chi connectivity index (χ4n) is 1.38. The van der Waals surface area contributed by atoms with E-state index in [2.05, 4.69) is 10.3 Å². The van der Waals surface area contributed by atoms with Gasteiger partial charge < -0.3 is 4.90 Å². The van der Waals surface area contributed by atoms with Crippen LogP contribution in [0.15, 0.2) is 36.7 Å². The van der Waals surface area contributed by atoms with Crippen molar-refractivity contribution in [3.63, 3.8) is 0 Å². The lowest BCUT2D eigenvalue weighted by Gasteiger charge is -2.15. The minimum absolute atomic E-state index is 0.896. The van der Waals surface area contributed by atoms with E-state index in [9.17, 15) is 0 Å². The SMILES string of the molecule is CN(C)C=CN(C)n1nnc2ccccc21. The topological polar surface area (TPSA) is 37.2 Å². The van der Waals surface area contributed by atoms with Crippen LogP contribution in [0.2, 0.25) is 0 Å². The van der Waals surface area contributed by atoms with E-state index >= 15 is 0 Å². The molecule has 5 nitrogen and oxygen atoms in total. The Bertz CT molecular complexity index is 500. The molecule has 2 rings (SSSR count). The van der Waals surface area contributed by atoms with Crippen molar-refractivity contribution in [3.05, 3.63) is 36.7 Å². The number of fused-ring (bicyclic) bond motifs is 1. The average molecular weight is 217 g/mol. The Morgan fingerprint density at radius 3 is 2.62 bits per heavy atom. The van der Waals surface area contributed by atoms with Crippen LogP contribution in [0.1, 0.15) is 0 Å². The van der Waals surface area contributed by atoms with Crippen LogP contribution in [-0.4, -0.2) is 41.1 Å². The molecule has 0 fully saturated rings. The number of aromatic nitrogens is 3. The van der Waals surface area contributed by atoms with E-state index in [1.54, 1.807) is 4.79 Å². The van der Waals surface area contributed by atoms with Crippen molar-refractivity contribution in [3.8, 4) is 0 Å². The maximum absolute atomic E-state index is 4.10. The fourth-order valence-corrected chi connectivity index (χ4v) is 1.38. The molecule has 0 aliphatic rings. The summed E-state index contributed by atoms with van der Waals surface area (Å²) in [6, 6.07) is 7.88. The molecule has 0 saturated carbocycles. The van der Waals surface area contributed by atoms with Crippen molar-refractivity contribution in [1.82, 2.24) is 20.0 Å². The Labute approximate surface area is 94.5 Å². The standard InChI is InChI=1S/C11H15N5/c1-14(2)8-9-15(3)16-11-7-5-4-6-10(11)12-13-16/h4-9H,1-3H3. The van der Waals surface area contributed by atoms with Crippen molar-refractivity contribution < 1.29 is 0 Å². The molecule has 1 aromatic heterocycles. The first-order valence-corrected chi connectivity index (χ1v) is 5.07. The summed E-state index contributed by atoms with van der Waals surface area (Å²) >= 11 is 0. The van der Waals surface area contributed by atoms with Gasteiger partial charge in [0, 0.05) is 33.5 Å². The molecule has 0 amide bonds. The Kier molecular flexibility index (Phi) is 2.76. The molecule has 16 heavy (non-hydrogen) atoms. The molecule has 1 aromatic carbocycles. The second-order valence-corrected chi connectivity index (χ2v) is 3.80. The average Bonchev–Trinajstić information content (AvgIpc) is 2.69. The molecule has 0 saturated heterocycles. The Balaban J connectivity index is 2.33. The molecule has 0 aliphatic carbocycles. The highest BCUT2D eigenvalue weighted by Crippen LogP contribution is 2.09. The Morgan fingerprint density at radius 1 is 1.12 bits per heavy atom. The van der Waals surface area contributed by atoms with Gasteiger partial charge in [-0.05, 0) is 17.3 Å². The maximum Gasteiger partial charge on any atom is 0.115 e. The Hall–Kier alpha value is -2.04. The molecule has 0 N–H and O–H groups in total. The highest BCUT2D eigenvalue weighted by Gasteiger charge is 2.04. The van der Waals surface area contributed by atoms with Gasteiger partial charge in [0.05, 0.1) is 0 Å². The quantitative estimate of drug-likeness (QED) is 0.769. The monoisotopic (exact) mass is 217 g/mol. The second kappa shape index (κ2) is 4.22. The summed E-state index contributed by atoms with van der Waals surface area (Å²) in [5.41, 5.74) is 1.89. The van der Waals surface area contributed by atoms with Crippen LogP contribution < -0.4 is 5.01 Å². The van der Waals surface area contributed by atoms with E-state index in [0.717, 1.165) is 11.0 Å². The molecule has 0 bridgehead atoms. The van der Waals surface area contributed by atoms with Crippen LogP contribution in [0.3, 0.4) is 0 Å². The van der Waals surface area contributed by atoms with Gasteiger partial charge in [0.15, 0.2) is 0 Å². The number of rotatable bonds is 3. The molecule has 0 spiro atoms. The van der Waals surface area contributed by atoms with Crippen LogP contribution in [0.25, 0.3) is 11.0 Å². The maximum atomic E-state index is 4.10. The second-order valence-electron chi connectivity index (χ2n) is 3.80. The van der Waals surface area contributed by atoms with Crippen LogP contribution in [0.4, 0.5) is 0 Å². The highest BCUT2D eigenvalue weighted by atomic mass is 15.7. The van der Waals surface area contributed by atoms with Crippen molar-refractivity contribution >= 4 is 11.0 Å². The van der Waals surface area contributed by atoms with Crippen molar-refractivity contribution in [1.29, 1.82) is 0 Å². The number of para-hydroxylation sites is 1. The summed E-state index contributed by atoms with van der Waals surface area (Å²) in [6.07, 6.45) is 3.89. The van der Waals surface area contributed by atoms with Gasteiger partial charge in [0.2, 0.25) is 0 Å². The first-order chi connectivity index (χ1) is 7.68. The van der Waals surface area contributed by atoms with Crippen LogP contribution in [0.5, 0.6) is 0 Å². The molecular weight excluding hydrogens is 202 g/mol. The zero-order valence-electron chi connectivity index (χ0n) is 9.70. The number of hydrogen-bond donors (Lipinski definition) is 0. The summed E-state index contributed by atoms with van der Waals surface area (Å²) in [5.74, 6) is 0. The van der Waals surface area contributed by atoms with Crippen molar-refractivity contribution in [2.75, 3.05) is 26.2 Å². The van der Waals surface area contributed by atoms with Crippen LogP contribution in [0, 0.1) is 0 Å². The van der Waals surface area contributed by atoms with Crippen molar-refractivity contribution in [2.45, 2.75) is 0 Å². The lowest BCUT2D eigenvalue weighted by molar-refractivity contribution is 0.553. The molecular formula is C11H15N5. The molecule has 5 heteroatoms. The van der Waals surface area contributed by atoms with Gasteiger partial charge in [-0.3, -0.25) is 5.01 Å². The number of nitrogens with zero attached hydrogens (tertiary/aromatic N) is 5. The van der Waals surface area contributed by atoms with Gasteiger partial charge >= 0.3 is 0 Å². The van der Waals surface area contributed by atoms with E-state index in [-0.39, 0.29) is 0 Å². The number of benzene rings is 1. The predicted molar refractivity (Wildman–Crippen MR) is 64.5 cm³/mol. The summed E-state index contributed by atoms with van der Waals surface area (Å²) in [4.78, 5) is 3.73. The molecule has 0 aliphatic heterocycles. The van der Waals surface area contributed by atoms with Gasteiger partial charge in [-0.25, -0.2) is 0 Å². The normalized spacial score (nSPS) is 11.2. The lowest BCUT2D eigenvalue weighted by Crippen LogP contribution is -2.25. The van der Waals surface area contributed by atoms with E-state index in [4.69, 9.17) is 0 Å². The minimum Gasteiger partial charge on any atom is -0.382 e. The van der Waals surface area contributed by atoms with Crippen LogP contribution >= 0.6 is 0 Å². The third-order valence-electron chi connectivity index (χ3n) is 2.21. The van der Waals surface area contributed by atoms with E-state index < -0.39 is 0 Å².